The molecule has 0 aliphatic heterocycles. The second-order valence-electron chi connectivity index (χ2n) is 2.35. The standard InChI is InChI=1S/C8H8N2O2/c1-5(11)6-2-3-10-7(4-6)8(9)12/h2-4H,1H3,(H2,9,12). The molecule has 1 aromatic heterocycles. The molecule has 12 heavy (non-hydrogen) atoms. The molecule has 0 bridgehead atoms. The molecule has 4 nitrogen and oxygen atoms in total. The number of nitrogens with zero attached hydrogens (tertiary/aromatic N) is 1. The average molecular weight is 164 g/mol. The topological polar surface area (TPSA) is 73.1 Å². The number of carbonyl (C=O) groups is 2. The molecule has 1 amide bonds. The summed E-state index contributed by atoms with van der Waals surface area (Å²) in [4.78, 5) is 25.2. The van der Waals surface area contributed by atoms with E-state index in [-0.39, 0.29) is 11.5 Å². The van der Waals surface area contributed by atoms with Crippen molar-refractivity contribution < 1.29 is 9.59 Å². The Morgan fingerprint density at radius 3 is 2.67 bits per heavy atom. The van der Waals surface area contributed by atoms with Gasteiger partial charge in [-0.3, -0.25) is 14.6 Å². The highest BCUT2D eigenvalue weighted by Gasteiger charge is 2.04. The molecule has 2 N–H and O–H groups in total. The van der Waals surface area contributed by atoms with E-state index in [1.165, 1.54) is 25.3 Å². The molecule has 0 unspecified atom stereocenters. The number of pyridine rings is 1. The van der Waals surface area contributed by atoms with Crippen molar-refractivity contribution >= 4 is 11.7 Å². The molecule has 0 atom stereocenters. The minimum Gasteiger partial charge on any atom is -0.364 e. The number of primary amides is 1. The van der Waals surface area contributed by atoms with Gasteiger partial charge >= 0.3 is 0 Å². The Morgan fingerprint density at radius 2 is 2.17 bits per heavy atom. The van der Waals surface area contributed by atoms with Crippen molar-refractivity contribution in [2.75, 3.05) is 0 Å². The van der Waals surface area contributed by atoms with E-state index < -0.39 is 5.91 Å². The van der Waals surface area contributed by atoms with Gasteiger partial charge in [0.1, 0.15) is 5.69 Å². The van der Waals surface area contributed by atoms with E-state index in [1.54, 1.807) is 0 Å². The summed E-state index contributed by atoms with van der Waals surface area (Å²) in [6, 6.07) is 2.92. The fraction of sp³-hybridized carbons (Fsp3) is 0.125. The number of hydrogen-bond donors (Lipinski definition) is 1. The summed E-state index contributed by atoms with van der Waals surface area (Å²) < 4.78 is 0. The summed E-state index contributed by atoms with van der Waals surface area (Å²) in [7, 11) is 0. The summed E-state index contributed by atoms with van der Waals surface area (Å²) in [5, 5.41) is 0. The fourth-order valence-corrected chi connectivity index (χ4v) is 0.784. The van der Waals surface area contributed by atoms with E-state index in [2.05, 4.69) is 4.98 Å². The molecular formula is C8H8N2O2. The molecule has 0 saturated carbocycles. The van der Waals surface area contributed by atoms with Crippen LogP contribution in [-0.4, -0.2) is 16.7 Å². The number of amides is 1. The van der Waals surface area contributed by atoms with E-state index >= 15 is 0 Å². The number of aromatic nitrogens is 1. The van der Waals surface area contributed by atoms with Crippen molar-refractivity contribution in [3.05, 3.63) is 29.6 Å². The Labute approximate surface area is 69.4 Å². The first-order chi connectivity index (χ1) is 5.61. The van der Waals surface area contributed by atoms with Gasteiger partial charge in [0.25, 0.3) is 5.91 Å². The van der Waals surface area contributed by atoms with E-state index in [0.717, 1.165) is 0 Å². The van der Waals surface area contributed by atoms with Crippen LogP contribution in [0.25, 0.3) is 0 Å². The maximum Gasteiger partial charge on any atom is 0.267 e. The molecule has 62 valence electrons. The Balaban J connectivity index is 3.12. The predicted molar refractivity (Wildman–Crippen MR) is 42.8 cm³/mol. The molecule has 0 saturated heterocycles. The van der Waals surface area contributed by atoms with Gasteiger partial charge < -0.3 is 5.73 Å². The normalized spacial score (nSPS) is 9.42. The Bertz CT molecular complexity index is 304. The maximum absolute atomic E-state index is 10.8. The van der Waals surface area contributed by atoms with Crippen LogP contribution in [0.3, 0.4) is 0 Å². The smallest absolute Gasteiger partial charge is 0.267 e. The molecule has 0 aliphatic rings. The number of rotatable bonds is 2. The van der Waals surface area contributed by atoms with E-state index in [9.17, 15) is 9.59 Å². The van der Waals surface area contributed by atoms with Crippen LogP contribution in [-0.2, 0) is 0 Å². The first-order valence-electron chi connectivity index (χ1n) is 3.38. The van der Waals surface area contributed by atoms with Gasteiger partial charge in [0.2, 0.25) is 0 Å². The van der Waals surface area contributed by atoms with Crippen LogP contribution in [0.2, 0.25) is 0 Å². The van der Waals surface area contributed by atoms with Crippen molar-refractivity contribution in [1.82, 2.24) is 4.98 Å². The van der Waals surface area contributed by atoms with Crippen molar-refractivity contribution in [1.29, 1.82) is 0 Å². The third kappa shape index (κ3) is 1.66. The zero-order chi connectivity index (χ0) is 9.14. The van der Waals surface area contributed by atoms with Gasteiger partial charge in [-0.25, -0.2) is 0 Å². The summed E-state index contributed by atoms with van der Waals surface area (Å²) in [5.74, 6) is -0.738. The van der Waals surface area contributed by atoms with Gasteiger partial charge in [-0.05, 0) is 19.1 Å². The first-order valence-corrected chi connectivity index (χ1v) is 3.38. The zero-order valence-electron chi connectivity index (χ0n) is 6.57. The van der Waals surface area contributed by atoms with Crippen LogP contribution in [0.1, 0.15) is 27.8 Å². The summed E-state index contributed by atoms with van der Waals surface area (Å²) in [6.45, 7) is 1.42. The van der Waals surface area contributed by atoms with Crippen LogP contribution in [0, 0.1) is 0 Å². The predicted octanol–water partition coefficient (Wildman–Crippen LogP) is 0.383. The Morgan fingerprint density at radius 1 is 1.50 bits per heavy atom. The van der Waals surface area contributed by atoms with Crippen LogP contribution in [0.5, 0.6) is 0 Å². The molecule has 0 aliphatic carbocycles. The molecule has 0 spiro atoms. The second-order valence-corrected chi connectivity index (χ2v) is 2.35. The number of ketones is 1. The molecular weight excluding hydrogens is 156 g/mol. The molecule has 0 aromatic carbocycles. The lowest BCUT2D eigenvalue weighted by atomic mass is 10.1. The minimum absolute atomic E-state index is 0.111. The highest BCUT2D eigenvalue weighted by atomic mass is 16.1. The monoisotopic (exact) mass is 164 g/mol. The molecule has 1 aromatic rings. The number of carbonyl (C=O) groups excluding carboxylic acids is 2. The average Bonchev–Trinajstić information content (AvgIpc) is 2.04. The number of Topliss-reactive ketones (excluding diaryl/α,β-unsaturated/α-hetero) is 1. The van der Waals surface area contributed by atoms with E-state index in [4.69, 9.17) is 5.73 Å². The lowest BCUT2D eigenvalue weighted by molar-refractivity contribution is 0.0995. The van der Waals surface area contributed by atoms with Crippen molar-refractivity contribution in [3.63, 3.8) is 0 Å². The highest BCUT2D eigenvalue weighted by molar-refractivity contribution is 5.97. The number of nitrogens with two attached hydrogens (primary N) is 1. The maximum atomic E-state index is 10.8. The Hall–Kier alpha value is -1.71. The first kappa shape index (κ1) is 8.39. The summed E-state index contributed by atoms with van der Waals surface area (Å²) in [6.07, 6.45) is 1.39. The Kier molecular flexibility index (Phi) is 2.19. The van der Waals surface area contributed by atoms with Crippen LogP contribution in [0.4, 0.5) is 0 Å². The van der Waals surface area contributed by atoms with Gasteiger partial charge in [-0.2, -0.15) is 0 Å². The van der Waals surface area contributed by atoms with E-state index in [1.807, 2.05) is 0 Å². The highest BCUT2D eigenvalue weighted by Crippen LogP contribution is 2.01. The molecule has 4 heteroatoms. The lowest BCUT2D eigenvalue weighted by Gasteiger charge is -1.96. The van der Waals surface area contributed by atoms with Gasteiger partial charge in [0.15, 0.2) is 5.78 Å². The second kappa shape index (κ2) is 3.13. The quantitative estimate of drug-likeness (QED) is 0.642. The summed E-state index contributed by atoms with van der Waals surface area (Å²) in [5.41, 5.74) is 5.53. The van der Waals surface area contributed by atoms with Crippen LogP contribution >= 0.6 is 0 Å². The molecule has 0 fully saturated rings. The lowest BCUT2D eigenvalue weighted by Crippen LogP contribution is -2.13. The van der Waals surface area contributed by atoms with Crippen molar-refractivity contribution in [3.8, 4) is 0 Å². The van der Waals surface area contributed by atoms with Gasteiger partial charge in [0.05, 0.1) is 0 Å². The van der Waals surface area contributed by atoms with Crippen molar-refractivity contribution in [2.24, 2.45) is 5.73 Å². The molecule has 0 radical (unpaired) electrons. The van der Waals surface area contributed by atoms with Gasteiger partial charge in [-0.1, -0.05) is 0 Å². The SMILES string of the molecule is CC(=O)c1ccnc(C(N)=O)c1. The summed E-state index contributed by atoms with van der Waals surface area (Å²) >= 11 is 0. The van der Waals surface area contributed by atoms with Crippen LogP contribution < -0.4 is 5.73 Å². The van der Waals surface area contributed by atoms with Crippen LogP contribution in [0.15, 0.2) is 18.3 Å². The zero-order valence-corrected chi connectivity index (χ0v) is 6.57. The fourth-order valence-electron chi connectivity index (χ4n) is 0.784. The molecule has 1 rings (SSSR count). The van der Waals surface area contributed by atoms with Gasteiger partial charge in [0, 0.05) is 11.8 Å². The van der Waals surface area contributed by atoms with Gasteiger partial charge in [-0.15, -0.1) is 0 Å². The third-order valence-electron chi connectivity index (χ3n) is 1.42. The molecule has 1 heterocycles. The largest absolute Gasteiger partial charge is 0.364 e. The number of hydrogen-bond acceptors (Lipinski definition) is 3. The van der Waals surface area contributed by atoms with E-state index in [0.29, 0.717) is 5.56 Å². The third-order valence-corrected chi connectivity index (χ3v) is 1.42. The van der Waals surface area contributed by atoms with Crippen molar-refractivity contribution in [2.45, 2.75) is 6.92 Å². The minimum atomic E-state index is -0.627.